The molecule has 44 heavy (non-hydrogen) atoms. The number of hydrogen-bond acceptors (Lipinski definition) is 7. The van der Waals surface area contributed by atoms with Crippen molar-refractivity contribution in [3.05, 3.63) is 91.6 Å². The highest BCUT2D eigenvalue weighted by Crippen LogP contribution is 2.27. The first-order chi connectivity index (χ1) is 20.8. The number of thiophene rings is 1. The van der Waals surface area contributed by atoms with Crippen molar-refractivity contribution in [3.8, 4) is 0 Å². The van der Waals surface area contributed by atoms with Gasteiger partial charge in [0.2, 0.25) is 17.7 Å². The second-order valence-electron chi connectivity index (χ2n) is 11.0. The van der Waals surface area contributed by atoms with E-state index < -0.39 is 40.8 Å². The average molecular weight is 642 g/mol. The van der Waals surface area contributed by atoms with Gasteiger partial charge in [-0.2, -0.15) is 0 Å². The molecule has 3 rings (SSSR count). The third-order valence-corrected chi connectivity index (χ3v) is 7.84. The summed E-state index contributed by atoms with van der Waals surface area (Å²) in [6.07, 6.45) is 0.395. The van der Waals surface area contributed by atoms with E-state index >= 15 is 0 Å². The number of nitro groups is 1. The maximum atomic E-state index is 13.7. The molecule has 0 aliphatic rings. The topological polar surface area (TPSA) is 160 Å². The molecule has 3 aromatic rings. The number of nitrogens with one attached hydrogen (secondary N) is 4. The fourth-order valence-electron chi connectivity index (χ4n) is 4.39. The fraction of sp³-hybridized carbons (Fsp3) is 0.355. The summed E-state index contributed by atoms with van der Waals surface area (Å²) in [4.78, 5) is 64.2. The lowest BCUT2D eigenvalue weighted by atomic mass is 9.99. The molecule has 0 fully saturated rings. The van der Waals surface area contributed by atoms with E-state index in [1.807, 2.05) is 32.0 Å². The number of anilines is 1. The number of nitro benzene ring substituents is 1. The average Bonchev–Trinajstić information content (AvgIpc) is 3.51. The molecule has 0 spiro atoms. The van der Waals surface area contributed by atoms with Crippen molar-refractivity contribution >= 4 is 57.9 Å². The lowest BCUT2D eigenvalue weighted by Gasteiger charge is -2.27. The molecule has 0 bridgehead atoms. The van der Waals surface area contributed by atoms with E-state index in [-0.39, 0.29) is 47.0 Å². The Labute approximate surface area is 264 Å². The van der Waals surface area contributed by atoms with Crippen LogP contribution in [0.5, 0.6) is 0 Å². The van der Waals surface area contributed by atoms with Crippen molar-refractivity contribution in [2.45, 2.75) is 58.7 Å². The van der Waals surface area contributed by atoms with Gasteiger partial charge in [0, 0.05) is 18.6 Å². The van der Waals surface area contributed by atoms with Gasteiger partial charge < -0.3 is 21.3 Å². The molecule has 0 aliphatic carbocycles. The zero-order chi connectivity index (χ0) is 32.4. The minimum atomic E-state index is -1.08. The van der Waals surface area contributed by atoms with Crippen LogP contribution in [0.3, 0.4) is 0 Å². The van der Waals surface area contributed by atoms with E-state index in [4.69, 9.17) is 11.6 Å². The first kappa shape index (κ1) is 34.2. The molecule has 1 heterocycles. The van der Waals surface area contributed by atoms with Gasteiger partial charge in [-0.3, -0.25) is 29.3 Å². The van der Waals surface area contributed by atoms with Gasteiger partial charge in [0.1, 0.15) is 18.1 Å². The summed E-state index contributed by atoms with van der Waals surface area (Å²) in [7, 11) is 0. The summed E-state index contributed by atoms with van der Waals surface area (Å²) in [6, 6.07) is 13.1. The summed E-state index contributed by atoms with van der Waals surface area (Å²) >= 11 is 7.45. The highest BCUT2D eigenvalue weighted by Gasteiger charge is 2.32. The summed E-state index contributed by atoms with van der Waals surface area (Å²) in [5.41, 5.74) is 0.673. The van der Waals surface area contributed by atoms with Crippen LogP contribution in [0.4, 0.5) is 11.4 Å². The number of hydrogen-bond donors (Lipinski definition) is 4. The SMILES string of the molecule is CC(C)C[C@H](NC(=O)[C@@H](NC(=O)c1cccs1)C(C)C)C(=O)N[C@@H](Cc1ccccc1)C(=O)Nc1ccc([N+](=O)[O-])cc1Cl. The molecule has 4 amide bonds. The third-order valence-electron chi connectivity index (χ3n) is 6.66. The Kier molecular flexibility index (Phi) is 12.4. The lowest BCUT2D eigenvalue weighted by Crippen LogP contribution is -2.57. The zero-order valence-electron chi connectivity index (χ0n) is 24.8. The molecule has 2 aromatic carbocycles. The van der Waals surface area contributed by atoms with E-state index in [2.05, 4.69) is 21.3 Å². The molecule has 0 radical (unpaired) electrons. The Hall–Kier alpha value is -4.29. The summed E-state index contributed by atoms with van der Waals surface area (Å²) < 4.78 is 0. The smallest absolute Gasteiger partial charge is 0.271 e. The number of carbonyl (C=O) groups excluding carboxylic acids is 4. The quantitative estimate of drug-likeness (QED) is 0.144. The van der Waals surface area contributed by atoms with Crippen LogP contribution in [0.15, 0.2) is 66.0 Å². The van der Waals surface area contributed by atoms with Crippen molar-refractivity contribution in [3.63, 3.8) is 0 Å². The molecule has 0 saturated carbocycles. The van der Waals surface area contributed by atoms with Crippen LogP contribution in [0.1, 0.15) is 49.4 Å². The Morgan fingerprint density at radius 1 is 0.864 bits per heavy atom. The van der Waals surface area contributed by atoms with Gasteiger partial charge in [-0.15, -0.1) is 11.3 Å². The molecule has 3 atom stereocenters. The monoisotopic (exact) mass is 641 g/mol. The van der Waals surface area contributed by atoms with Gasteiger partial charge in [-0.1, -0.05) is 75.7 Å². The standard InChI is InChI=1S/C31H36ClN5O6S/c1-18(2)15-24(35-31(41)27(19(3)4)36-30(40)26-11-8-14-44-26)28(38)34-25(16-20-9-6-5-7-10-20)29(39)33-23-13-12-21(37(42)43)17-22(23)32/h5-14,17-19,24-25,27H,15-16H2,1-4H3,(H,33,39)(H,34,38)(H,35,41)(H,36,40)/t24-,25-,27-/m0/s1. The Bertz CT molecular complexity index is 1470. The normalized spacial score (nSPS) is 13.1. The maximum Gasteiger partial charge on any atom is 0.271 e. The molecule has 0 aliphatic heterocycles. The first-order valence-corrected chi connectivity index (χ1v) is 15.3. The highest BCUT2D eigenvalue weighted by molar-refractivity contribution is 7.12. The Balaban J connectivity index is 1.81. The number of carbonyl (C=O) groups is 4. The lowest BCUT2D eigenvalue weighted by molar-refractivity contribution is -0.384. The number of rotatable bonds is 14. The number of nitrogens with zero attached hydrogens (tertiary/aromatic N) is 1. The van der Waals surface area contributed by atoms with Crippen LogP contribution >= 0.6 is 22.9 Å². The molecule has 13 heteroatoms. The van der Waals surface area contributed by atoms with Gasteiger partial charge in [-0.05, 0) is 41.3 Å². The fourth-order valence-corrected chi connectivity index (χ4v) is 5.24. The van der Waals surface area contributed by atoms with Crippen LogP contribution in [-0.2, 0) is 20.8 Å². The molecule has 234 valence electrons. The molecule has 0 saturated heterocycles. The number of amides is 4. The molecular formula is C31H36ClN5O6S. The maximum absolute atomic E-state index is 13.7. The van der Waals surface area contributed by atoms with Gasteiger partial charge in [0.15, 0.2) is 0 Å². The van der Waals surface area contributed by atoms with E-state index in [0.717, 1.165) is 11.6 Å². The van der Waals surface area contributed by atoms with Crippen molar-refractivity contribution in [2.75, 3.05) is 5.32 Å². The second-order valence-corrected chi connectivity index (χ2v) is 12.4. The van der Waals surface area contributed by atoms with Crippen molar-refractivity contribution < 1.29 is 24.1 Å². The zero-order valence-corrected chi connectivity index (χ0v) is 26.4. The van der Waals surface area contributed by atoms with Crippen molar-refractivity contribution in [1.82, 2.24) is 16.0 Å². The molecule has 4 N–H and O–H groups in total. The van der Waals surface area contributed by atoms with Crippen molar-refractivity contribution in [2.24, 2.45) is 11.8 Å². The summed E-state index contributed by atoms with van der Waals surface area (Å²) in [5, 5.41) is 23.8. The van der Waals surface area contributed by atoms with E-state index in [1.165, 1.54) is 23.5 Å². The Morgan fingerprint density at radius 3 is 2.11 bits per heavy atom. The van der Waals surface area contributed by atoms with E-state index in [1.54, 1.807) is 43.5 Å². The van der Waals surface area contributed by atoms with Crippen LogP contribution in [-0.4, -0.2) is 46.7 Å². The van der Waals surface area contributed by atoms with Gasteiger partial charge in [0.25, 0.3) is 11.6 Å². The summed E-state index contributed by atoms with van der Waals surface area (Å²) in [5.74, 6) is -2.36. The second kappa shape index (κ2) is 16.0. The van der Waals surface area contributed by atoms with Gasteiger partial charge in [-0.25, -0.2) is 0 Å². The van der Waals surface area contributed by atoms with Crippen LogP contribution in [0.2, 0.25) is 5.02 Å². The van der Waals surface area contributed by atoms with Crippen molar-refractivity contribution in [1.29, 1.82) is 0 Å². The molecular weight excluding hydrogens is 606 g/mol. The van der Waals surface area contributed by atoms with Gasteiger partial charge in [0.05, 0.1) is 20.5 Å². The molecule has 1 aromatic heterocycles. The Morgan fingerprint density at radius 2 is 1.55 bits per heavy atom. The highest BCUT2D eigenvalue weighted by atomic mass is 35.5. The predicted octanol–water partition coefficient (Wildman–Crippen LogP) is 4.96. The number of benzene rings is 2. The number of halogens is 1. The van der Waals surface area contributed by atoms with Crippen LogP contribution in [0.25, 0.3) is 0 Å². The van der Waals surface area contributed by atoms with E-state index in [9.17, 15) is 29.3 Å². The molecule has 0 unspecified atom stereocenters. The van der Waals surface area contributed by atoms with Crippen LogP contribution in [0, 0.1) is 22.0 Å². The summed E-state index contributed by atoms with van der Waals surface area (Å²) in [6.45, 7) is 7.38. The first-order valence-electron chi connectivity index (χ1n) is 14.1. The predicted molar refractivity (Wildman–Crippen MR) is 171 cm³/mol. The largest absolute Gasteiger partial charge is 0.343 e. The minimum Gasteiger partial charge on any atom is -0.343 e. The van der Waals surface area contributed by atoms with Crippen LogP contribution < -0.4 is 21.3 Å². The number of non-ortho nitro benzene ring substituents is 1. The molecule has 11 nitrogen and oxygen atoms in total. The minimum absolute atomic E-state index is 0.00424. The van der Waals surface area contributed by atoms with E-state index in [0.29, 0.717) is 4.88 Å². The third kappa shape index (κ3) is 9.88. The van der Waals surface area contributed by atoms with Gasteiger partial charge >= 0.3 is 0 Å².